The van der Waals surface area contributed by atoms with Gasteiger partial charge in [-0.15, -0.1) is 12.6 Å². The number of rotatable bonds is 1. The van der Waals surface area contributed by atoms with E-state index in [0.29, 0.717) is 0 Å². The molecule has 0 amide bonds. The predicted molar refractivity (Wildman–Crippen MR) is 88.7 cm³/mol. The Balaban J connectivity index is 0.000000211. The van der Waals surface area contributed by atoms with Crippen LogP contribution in [-0.4, -0.2) is 13.0 Å². The Morgan fingerprint density at radius 2 is 1.38 bits per heavy atom. The quantitative estimate of drug-likeness (QED) is 0.610. The highest BCUT2D eigenvalue weighted by molar-refractivity contribution is 7.85. The Morgan fingerprint density at radius 3 is 1.71 bits per heavy atom. The third-order valence-electron chi connectivity index (χ3n) is 2.77. The van der Waals surface area contributed by atoms with E-state index in [0.717, 1.165) is 4.90 Å². The summed E-state index contributed by atoms with van der Waals surface area (Å²) in [6.07, 6.45) is 0. The lowest BCUT2D eigenvalue weighted by Crippen LogP contribution is -2.10. The van der Waals surface area contributed by atoms with Gasteiger partial charge < -0.3 is 0 Å². The zero-order valence-corrected chi connectivity index (χ0v) is 14.0. The highest BCUT2D eigenvalue weighted by atomic mass is 32.2. The molecule has 21 heavy (non-hydrogen) atoms. The van der Waals surface area contributed by atoms with Crippen LogP contribution in [0.4, 0.5) is 0 Å². The Bertz CT molecular complexity index is 655. The molecular formula is C16H20O3S2. The first-order valence-electron chi connectivity index (χ1n) is 6.43. The predicted octanol–water partition coefficient (Wildman–Crippen LogP) is 4.21. The van der Waals surface area contributed by atoms with Gasteiger partial charge in [-0.05, 0) is 35.2 Å². The zero-order chi connectivity index (χ0) is 16.1. The van der Waals surface area contributed by atoms with E-state index in [2.05, 4.69) is 45.5 Å². The van der Waals surface area contributed by atoms with E-state index >= 15 is 0 Å². The minimum Gasteiger partial charge on any atom is -0.282 e. The SMILES string of the molecule is CC(C)(C)c1ccc(S)cc1.O=S(=O)(O)c1ccccc1. The zero-order valence-electron chi connectivity index (χ0n) is 12.3. The molecule has 0 fully saturated rings. The van der Waals surface area contributed by atoms with E-state index in [1.54, 1.807) is 18.2 Å². The molecule has 5 heteroatoms. The van der Waals surface area contributed by atoms with Crippen LogP contribution in [0.1, 0.15) is 26.3 Å². The van der Waals surface area contributed by atoms with Gasteiger partial charge in [-0.3, -0.25) is 4.55 Å². The normalized spacial score (nSPS) is 11.5. The van der Waals surface area contributed by atoms with Gasteiger partial charge in [0.2, 0.25) is 0 Å². The summed E-state index contributed by atoms with van der Waals surface area (Å²) in [5.41, 5.74) is 1.61. The first-order chi connectivity index (χ1) is 9.60. The molecule has 2 aromatic carbocycles. The third kappa shape index (κ3) is 6.33. The molecule has 0 radical (unpaired) electrons. The molecule has 0 atom stereocenters. The fraction of sp³-hybridized carbons (Fsp3) is 0.250. The van der Waals surface area contributed by atoms with Gasteiger partial charge in [0.05, 0.1) is 4.90 Å². The first-order valence-corrected chi connectivity index (χ1v) is 8.31. The van der Waals surface area contributed by atoms with Crippen LogP contribution in [-0.2, 0) is 15.5 Å². The van der Waals surface area contributed by atoms with E-state index in [-0.39, 0.29) is 10.3 Å². The maximum atomic E-state index is 10.4. The molecule has 0 aliphatic carbocycles. The van der Waals surface area contributed by atoms with Crippen molar-refractivity contribution in [2.45, 2.75) is 36.0 Å². The fourth-order valence-electron chi connectivity index (χ4n) is 1.55. The summed E-state index contributed by atoms with van der Waals surface area (Å²) in [5.74, 6) is 0. The van der Waals surface area contributed by atoms with Crippen LogP contribution in [0.15, 0.2) is 64.4 Å². The lowest BCUT2D eigenvalue weighted by Gasteiger charge is -2.18. The molecule has 1 N–H and O–H groups in total. The maximum Gasteiger partial charge on any atom is 0.294 e. The van der Waals surface area contributed by atoms with Gasteiger partial charge in [0, 0.05) is 4.90 Å². The molecule has 0 saturated heterocycles. The van der Waals surface area contributed by atoms with Gasteiger partial charge in [-0.1, -0.05) is 51.1 Å². The van der Waals surface area contributed by atoms with Crippen molar-refractivity contribution in [3.63, 3.8) is 0 Å². The molecule has 0 heterocycles. The van der Waals surface area contributed by atoms with E-state index in [4.69, 9.17) is 4.55 Å². The van der Waals surface area contributed by atoms with Gasteiger partial charge in [-0.2, -0.15) is 8.42 Å². The van der Waals surface area contributed by atoms with Gasteiger partial charge in [0.15, 0.2) is 0 Å². The van der Waals surface area contributed by atoms with Crippen molar-refractivity contribution in [3.8, 4) is 0 Å². The second-order valence-corrected chi connectivity index (χ2v) is 7.52. The average Bonchev–Trinajstić information content (AvgIpc) is 2.39. The van der Waals surface area contributed by atoms with Crippen molar-refractivity contribution in [1.29, 1.82) is 0 Å². The van der Waals surface area contributed by atoms with Gasteiger partial charge in [-0.25, -0.2) is 0 Å². The van der Waals surface area contributed by atoms with Crippen LogP contribution in [0, 0.1) is 0 Å². The Hall–Kier alpha value is -1.30. The van der Waals surface area contributed by atoms with Crippen LogP contribution >= 0.6 is 12.6 Å². The van der Waals surface area contributed by atoms with Gasteiger partial charge >= 0.3 is 0 Å². The summed E-state index contributed by atoms with van der Waals surface area (Å²) in [6, 6.07) is 15.7. The molecule has 114 valence electrons. The number of benzene rings is 2. The van der Waals surface area contributed by atoms with E-state index < -0.39 is 10.1 Å². The van der Waals surface area contributed by atoms with Crippen molar-refractivity contribution in [1.82, 2.24) is 0 Å². The molecule has 0 aliphatic rings. The molecule has 2 rings (SSSR count). The monoisotopic (exact) mass is 324 g/mol. The smallest absolute Gasteiger partial charge is 0.282 e. The van der Waals surface area contributed by atoms with E-state index in [1.807, 2.05) is 12.1 Å². The van der Waals surface area contributed by atoms with Crippen LogP contribution in [0.2, 0.25) is 0 Å². The molecule has 0 saturated carbocycles. The minimum atomic E-state index is -4.00. The van der Waals surface area contributed by atoms with Crippen molar-refractivity contribution >= 4 is 22.7 Å². The van der Waals surface area contributed by atoms with Crippen LogP contribution in [0.3, 0.4) is 0 Å². The second-order valence-electron chi connectivity index (χ2n) is 5.58. The Kier molecular flexibility index (Phi) is 6.01. The molecular weight excluding hydrogens is 304 g/mol. The minimum absolute atomic E-state index is 0.0741. The lowest BCUT2D eigenvalue weighted by molar-refractivity contribution is 0.483. The largest absolute Gasteiger partial charge is 0.294 e. The molecule has 3 nitrogen and oxygen atoms in total. The standard InChI is InChI=1S/C10H14S.C6H6O3S/c1-10(2,3)8-4-6-9(11)7-5-8;7-10(8,9)6-4-2-1-3-5-6/h4-7,11H,1-3H3;1-5H,(H,7,8,9). The summed E-state index contributed by atoms with van der Waals surface area (Å²) in [4.78, 5) is 0.952. The molecule has 0 bridgehead atoms. The van der Waals surface area contributed by atoms with Crippen LogP contribution in [0.25, 0.3) is 0 Å². The summed E-state index contributed by atoms with van der Waals surface area (Å²) in [5, 5.41) is 0. The second kappa shape index (κ2) is 7.11. The number of thiol groups is 1. The first kappa shape index (κ1) is 17.8. The van der Waals surface area contributed by atoms with E-state index in [1.165, 1.54) is 17.7 Å². The molecule has 0 aromatic heterocycles. The van der Waals surface area contributed by atoms with Gasteiger partial charge in [0.1, 0.15) is 0 Å². The average molecular weight is 324 g/mol. The van der Waals surface area contributed by atoms with Crippen molar-refractivity contribution < 1.29 is 13.0 Å². The van der Waals surface area contributed by atoms with E-state index in [9.17, 15) is 8.42 Å². The summed E-state index contributed by atoms with van der Waals surface area (Å²) in [6.45, 7) is 6.63. The molecule has 0 aliphatic heterocycles. The fourth-order valence-corrected chi connectivity index (χ4v) is 2.20. The van der Waals surface area contributed by atoms with Crippen molar-refractivity contribution in [2.24, 2.45) is 0 Å². The Morgan fingerprint density at radius 1 is 0.905 bits per heavy atom. The number of hydrogen-bond acceptors (Lipinski definition) is 3. The molecule has 0 unspecified atom stereocenters. The van der Waals surface area contributed by atoms with Gasteiger partial charge in [0.25, 0.3) is 10.1 Å². The highest BCUT2D eigenvalue weighted by Gasteiger charge is 2.12. The topological polar surface area (TPSA) is 54.4 Å². The third-order valence-corrected chi connectivity index (χ3v) is 3.94. The highest BCUT2D eigenvalue weighted by Crippen LogP contribution is 2.22. The number of hydrogen-bond donors (Lipinski definition) is 2. The maximum absolute atomic E-state index is 10.4. The van der Waals surface area contributed by atoms with Crippen molar-refractivity contribution in [3.05, 3.63) is 60.2 Å². The lowest BCUT2D eigenvalue weighted by atomic mass is 9.87. The van der Waals surface area contributed by atoms with Crippen molar-refractivity contribution in [2.75, 3.05) is 0 Å². The van der Waals surface area contributed by atoms with Crippen LogP contribution in [0.5, 0.6) is 0 Å². The molecule has 0 spiro atoms. The Labute approximate surface area is 132 Å². The summed E-state index contributed by atoms with van der Waals surface area (Å²) in [7, 11) is -4.00. The summed E-state index contributed by atoms with van der Waals surface area (Å²) < 4.78 is 29.2. The molecule has 2 aromatic rings. The van der Waals surface area contributed by atoms with Crippen LogP contribution < -0.4 is 0 Å². The summed E-state index contributed by atoms with van der Waals surface area (Å²) >= 11 is 4.23.